The summed E-state index contributed by atoms with van der Waals surface area (Å²) < 4.78 is 24.1. The number of para-hydroxylation sites is 2. The molecule has 21 heavy (non-hydrogen) atoms. The van der Waals surface area contributed by atoms with E-state index in [0.717, 1.165) is 5.75 Å². The molecule has 2 rings (SSSR count). The molecule has 0 fully saturated rings. The summed E-state index contributed by atoms with van der Waals surface area (Å²) in [6.45, 7) is 3.50. The summed E-state index contributed by atoms with van der Waals surface area (Å²) in [5.74, 6) is 1.07. The second-order valence-corrected chi connectivity index (χ2v) is 4.69. The van der Waals surface area contributed by atoms with Crippen LogP contribution in [0.5, 0.6) is 11.5 Å². The molecular formula is C16H17ClFNO2. The molecule has 0 spiro atoms. The van der Waals surface area contributed by atoms with Gasteiger partial charge in [0.2, 0.25) is 0 Å². The lowest BCUT2D eigenvalue weighted by atomic mass is 10.3. The van der Waals surface area contributed by atoms with E-state index in [1.54, 1.807) is 6.07 Å². The molecule has 0 saturated carbocycles. The Morgan fingerprint density at radius 2 is 1.81 bits per heavy atom. The molecule has 0 aliphatic heterocycles. The molecule has 2 aromatic rings. The van der Waals surface area contributed by atoms with Crippen molar-refractivity contribution in [2.75, 3.05) is 25.1 Å². The van der Waals surface area contributed by atoms with E-state index in [9.17, 15) is 4.39 Å². The highest BCUT2D eigenvalue weighted by Crippen LogP contribution is 2.26. The quantitative estimate of drug-likeness (QED) is 0.770. The van der Waals surface area contributed by atoms with Gasteiger partial charge in [0.15, 0.2) is 11.5 Å². The Balaban J connectivity index is 1.84. The van der Waals surface area contributed by atoms with Crippen LogP contribution >= 0.6 is 11.6 Å². The van der Waals surface area contributed by atoms with Gasteiger partial charge in [-0.3, -0.25) is 0 Å². The fourth-order valence-corrected chi connectivity index (χ4v) is 2.06. The third-order valence-corrected chi connectivity index (χ3v) is 3.07. The predicted octanol–water partition coefficient (Wildman–Crippen LogP) is 4.37. The van der Waals surface area contributed by atoms with Crippen molar-refractivity contribution in [1.82, 2.24) is 0 Å². The fourth-order valence-electron chi connectivity index (χ4n) is 1.82. The second-order valence-electron chi connectivity index (χ2n) is 4.28. The first-order valence-electron chi connectivity index (χ1n) is 6.74. The van der Waals surface area contributed by atoms with Crippen LogP contribution in [-0.2, 0) is 0 Å². The van der Waals surface area contributed by atoms with Crippen LogP contribution in [0, 0.1) is 5.82 Å². The molecule has 0 heterocycles. The third kappa shape index (κ3) is 4.53. The van der Waals surface area contributed by atoms with Gasteiger partial charge in [0.25, 0.3) is 0 Å². The van der Waals surface area contributed by atoms with Crippen molar-refractivity contribution >= 4 is 17.3 Å². The normalized spacial score (nSPS) is 10.2. The van der Waals surface area contributed by atoms with Crippen LogP contribution in [0.2, 0.25) is 5.02 Å². The molecule has 0 atom stereocenters. The van der Waals surface area contributed by atoms with Crippen molar-refractivity contribution in [2.45, 2.75) is 6.92 Å². The Morgan fingerprint density at radius 1 is 1.10 bits per heavy atom. The average Bonchev–Trinajstić information content (AvgIpc) is 2.47. The fraction of sp³-hybridized carbons (Fsp3) is 0.250. The van der Waals surface area contributed by atoms with Gasteiger partial charge < -0.3 is 14.8 Å². The first kappa shape index (κ1) is 15.4. The zero-order chi connectivity index (χ0) is 15.1. The van der Waals surface area contributed by atoms with Crippen molar-refractivity contribution in [3.05, 3.63) is 53.3 Å². The average molecular weight is 310 g/mol. The van der Waals surface area contributed by atoms with Gasteiger partial charge in [0, 0.05) is 6.54 Å². The van der Waals surface area contributed by atoms with Crippen LogP contribution in [0.15, 0.2) is 42.5 Å². The van der Waals surface area contributed by atoms with E-state index in [0.29, 0.717) is 36.2 Å². The highest BCUT2D eigenvalue weighted by Gasteiger charge is 2.04. The van der Waals surface area contributed by atoms with Crippen LogP contribution in [-0.4, -0.2) is 19.8 Å². The zero-order valence-corrected chi connectivity index (χ0v) is 12.5. The maximum Gasteiger partial charge on any atom is 0.161 e. The number of halogens is 2. The van der Waals surface area contributed by atoms with Crippen LogP contribution in [0.25, 0.3) is 0 Å². The highest BCUT2D eigenvalue weighted by atomic mass is 35.5. The number of ether oxygens (including phenoxy) is 2. The van der Waals surface area contributed by atoms with Gasteiger partial charge in [-0.15, -0.1) is 0 Å². The number of nitrogens with one attached hydrogen (secondary N) is 1. The molecule has 0 amide bonds. The Kier molecular flexibility index (Phi) is 5.69. The number of hydrogen-bond donors (Lipinski definition) is 1. The maximum atomic E-state index is 12.9. The standard InChI is InChI=1S/C16H17ClFNO2/c1-2-20-15-5-3-4-6-16(15)21-10-9-19-14-8-7-12(18)11-13(14)17/h3-8,11,19H,2,9-10H2,1H3. The Bertz CT molecular complexity index is 592. The predicted molar refractivity (Wildman–Crippen MR) is 83.0 cm³/mol. The van der Waals surface area contributed by atoms with Gasteiger partial charge >= 0.3 is 0 Å². The SMILES string of the molecule is CCOc1ccccc1OCCNc1ccc(F)cc1Cl. The van der Waals surface area contributed by atoms with Gasteiger partial charge in [-0.1, -0.05) is 23.7 Å². The molecule has 0 bridgehead atoms. The van der Waals surface area contributed by atoms with E-state index in [1.165, 1.54) is 12.1 Å². The molecule has 0 unspecified atom stereocenters. The van der Waals surface area contributed by atoms with Crippen molar-refractivity contribution in [3.63, 3.8) is 0 Å². The van der Waals surface area contributed by atoms with E-state index < -0.39 is 0 Å². The number of anilines is 1. The van der Waals surface area contributed by atoms with Gasteiger partial charge in [0.05, 0.1) is 17.3 Å². The molecular weight excluding hydrogens is 293 g/mol. The summed E-state index contributed by atoms with van der Waals surface area (Å²) in [7, 11) is 0. The van der Waals surface area contributed by atoms with Crippen molar-refractivity contribution in [3.8, 4) is 11.5 Å². The molecule has 5 heteroatoms. The lowest BCUT2D eigenvalue weighted by Gasteiger charge is -2.13. The van der Waals surface area contributed by atoms with Crippen LogP contribution < -0.4 is 14.8 Å². The molecule has 0 aliphatic carbocycles. The minimum Gasteiger partial charge on any atom is -0.490 e. The van der Waals surface area contributed by atoms with Crippen molar-refractivity contribution in [2.24, 2.45) is 0 Å². The zero-order valence-electron chi connectivity index (χ0n) is 11.7. The number of rotatable bonds is 7. The summed E-state index contributed by atoms with van der Waals surface area (Å²) in [6, 6.07) is 11.7. The minimum atomic E-state index is -0.354. The Hall–Kier alpha value is -1.94. The first-order chi connectivity index (χ1) is 10.2. The molecule has 0 aliphatic rings. The summed E-state index contributed by atoms with van der Waals surface area (Å²) in [6.07, 6.45) is 0. The summed E-state index contributed by atoms with van der Waals surface area (Å²) in [5.41, 5.74) is 0.680. The third-order valence-electron chi connectivity index (χ3n) is 2.76. The summed E-state index contributed by atoms with van der Waals surface area (Å²) in [4.78, 5) is 0. The van der Waals surface area contributed by atoms with Gasteiger partial charge in [0.1, 0.15) is 12.4 Å². The Morgan fingerprint density at radius 3 is 2.48 bits per heavy atom. The topological polar surface area (TPSA) is 30.5 Å². The lowest BCUT2D eigenvalue weighted by molar-refractivity contribution is 0.284. The van der Waals surface area contributed by atoms with Crippen LogP contribution in [0.1, 0.15) is 6.92 Å². The van der Waals surface area contributed by atoms with Crippen LogP contribution in [0.3, 0.4) is 0 Å². The van der Waals surface area contributed by atoms with Crippen molar-refractivity contribution < 1.29 is 13.9 Å². The molecule has 0 saturated heterocycles. The highest BCUT2D eigenvalue weighted by molar-refractivity contribution is 6.33. The first-order valence-corrected chi connectivity index (χ1v) is 7.12. The summed E-state index contributed by atoms with van der Waals surface area (Å²) in [5, 5.41) is 3.45. The molecule has 0 aromatic heterocycles. The number of hydrogen-bond acceptors (Lipinski definition) is 3. The van der Waals surface area contributed by atoms with Gasteiger partial charge in [-0.25, -0.2) is 4.39 Å². The Labute approximate surface area is 128 Å². The maximum absolute atomic E-state index is 12.9. The smallest absolute Gasteiger partial charge is 0.161 e. The molecule has 1 N–H and O–H groups in total. The summed E-state index contributed by atoms with van der Waals surface area (Å²) >= 11 is 5.93. The van der Waals surface area contributed by atoms with Crippen molar-refractivity contribution in [1.29, 1.82) is 0 Å². The minimum absolute atomic E-state index is 0.352. The second kappa shape index (κ2) is 7.74. The van der Waals surface area contributed by atoms with E-state index in [1.807, 2.05) is 31.2 Å². The monoisotopic (exact) mass is 309 g/mol. The van der Waals surface area contributed by atoms with E-state index in [4.69, 9.17) is 21.1 Å². The molecule has 112 valence electrons. The largest absolute Gasteiger partial charge is 0.490 e. The van der Waals surface area contributed by atoms with Gasteiger partial charge in [-0.05, 0) is 37.3 Å². The molecule has 2 aromatic carbocycles. The molecule has 0 radical (unpaired) electrons. The van der Waals surface area contributed by atoms with E-state index >= 15 is 0 Å². The van der Waals surface area contributed by atoms with E-state index in [-0.39, 0.29) is 5.82 Å². The molecule has 3 nitrogen and oxygen atoms in total. The van der Waals surface area contributed by atoms with Gasteiger partial charge in [-0.2, -0.15) is 0 Å². The van der Waals surface area contributed by atoms with E-state index in [2.05, 4.69) is 5.32 Å². The number of benzene rings is 2. The lowest BCUT2D eigenvalue weighted by Crippen LogP contribution is -2.12. The van der Waals surface area contributed by atoms with Crippen LogP contribution in [0.4, 0.5) is 10.1 Å².